The normalized spacial score (nSPS) is 14.7. The number of fused-ring (bicyclic) bond motifs is 1. The van der Waals surface area contributed by atoms with Crippen molar-refractivity contribution < 1.29 is 4.79 Å². The van der Waals surface area contributed by atoms with Crippen molar-refractivity contribution in [2.75, 3.05) is 23.3 Å². The Balaban J connectivity index is 1.41. The van der Waals surface area contributed by atoms with Gasteiger partial charge in [0, 0.05) is 18.8 Å². The SMILES string of the molecule is Cc1ccc(C)c(NC(=O)C2CN(c3nc4ccccc4s3)C2)c1. The zero-order chi connectivity index (χ0) is 16.7. The molecule has 4 nitrogen and oxygen atoms in total. The zero-order valence-electron chi connectivity index (χ0n) is 13.7. The van der Waals surface area contributed by atoms with E-state index in [4.69, 9.17) is 0 Å². The van der Waals surface area contributed by atoms with Crippen LogP contribution in [-0.2, 0) is 4.79 Å². The molecule has 0 unspecified atom stereocenters. The number of nitrogens with zero attached hydrogens (tertiary/aromatic N) is 2. The van der Waals surface area contributed by atoms with Gasteiger partial charge in [0.1, 0.15) is 0 Å². The highest BCUT2D eigenvalue weighted by atomic mass is 32.1. The highest BCUT2D eigenvalue weighted by molar-refractivity contribution is 7.22. The fraction of sp³-hybridized carbons (Fsp3) is 0.263. The van der Waals surface area contributed by atoms with Crippen LogP contribution in [0.5, 0.6) is 0 Å². The first-order valence-corrected chi connectivity index (χ1v) is 8.90. The Bertz CT molecular complexity index is 879. The second-order valence-corrected chi connectivity index (χ2v) is 7.38. The predicted octanol–water partition coefficient (Wildman–Crippen LogP) is 3.99. The van der Waals surface area contributed by atoms with Crippen LogP contribution >= 0.6 is 11.3 Å². The van der Waals surface area contributed by atoms with Gasteiger partial charge in [-0.3, -0.25) is 4.79 Å². The molecule has 122 valence electrons. The molecule has 3 aromatic rings. The molecule has 1 aromatic heterocycles. The molecule has 1 saturated heterocycles. The van der Waals surface area contributed by atoms with Gasteiger partial charge < -0.3 is 10.2 Å². The van der Waals surface area contributed by atoms with Crippen molar-refractivity contribution in [1.82, 2.24) is 4.98 Å². The third kappa shape index (κ3) is 2.76. The van der Waals surface area contributed by atoms with Crippen LogP contribution in [0.15, 0.2) is 42.5 Å². The van der Waals surface area contributed by atoms with Gasteiger partial charge in [-0.05, 0) is 43.2 Å². The molecule has 1 fully saturated rings. The summed E-state index contributed by atoms with van der Waals surface area (Å²) in [5, 5.41) is 4.08. The predicted molar refractivity (Wildman–Crippen MR) is 99.9 cm³/mol. The molecule has 0 aliphatic carbocycles. The van der Waals surface area contributed by atoms with E-state index in [1.165, 1.54) is 4.70 Å². The van der Waals surface area contributed by atoms with Crippen molar-refractivity contribution in [1.29, 1.82) is 0 Å². The number of thiazole rings is 1. The quantitative estimate of drug-likeness (QED) is 0.786. The second kappa shape index (κ2) is 5.91. The van der Waals surface area contributed by atoms with Crippen LogP contribution in [0.2, 0.25) is 0 Å². The van der Waals surface area contributed by atoms with Gasteiger partial charge in [0.25, 0.3) is 0 Å². The molecule has 24 heavy (non-hydrogen) atoms. The Morgan fingerprint density at radius 3 is 2.79 bits per heavy atom. The standard InChI is InChI=1S/C19H19N3OS/c1-12-7-8-13(2)16(9-12)20-18(23)14-10-22(11-14)19-21-15-5-3-4-6-17(15)24-19/h3-9,14H,10-11H2,1-2H3,(H,20,23). The molecule has 1 aliphatic heterocycles. The van der Waals surface area contributed by atoms with Crippen molar-refractivity contribution in [3.63, 3.8) is 0 Å². The number of hydrogen-bond acceptors (Lipinski definition) is 4. The molecule has 4 rings (SSSR count). The van der Waals surface area contributed by atoms with E-state index >= 15 is 0 Å². The van der Waals surface area contributed by atoms with Crippen LogP contribution in [0.4, 0.5) is 10.8 Å². The van der Waals surface area contributed by atoms with Crippen molar-refractivity contribution in [2.45, 2.75) is 13.8 Å². The van der Waals surface area contributed by atoms with E-state index in [2.05, 4.69) is 27.3 Å². The summed E-state index contributed by atoms with van der Waals surface area (Å²) in [4.78, 5) is 19.3. The third-order valence-electron chi connectivity index (χ3n) is 4.46. The Labute approximate surface area is 145 Å². The average molecular weight is 337 g/mol. The lowest BCUT2D eigenvalue weighted by atomic mass is 9.99. The second-order valence-electron chi connectivity index (χ2n) is 6.37. The van der Waals surface area contributed by atoms with E-state index in [-0.39, 0.29) is 11.8 Å². The first kappa shape index (κ1) is 15.1. The number of carbonyl (C=O) groups excluding carboxylic acids is 1. The number of anilines is 2. The number of aromatic nitrogens is 1. The van der Waals surface area contributed by atoms with Crippen LogP contribution in [0.3, 0.4) is 0 Å². The lowest BCUT2D eigenvalue weighted by Crippen LogP contribution is -2.52. The number of benzene rings is 2. The molecule has 5 heteroatoms. The Morgan fingerprint density at radius 2 is 2.00 bits per heavy atom. The summed E-state index contributed by atoms with van der Waals surface area (Å²) in [7, 11) is 0. The average Bonchev–Trinajstić information content (AvgIpc) is 2.92. The molecule has 1 N–H and O–H groups in total. The zero-order valence-corrected chi connectivity index (χ0v) is 14.6. The maximum Gasteiger partial charge on any atom is 0.231 e. The Kier molecular flexibility index (Phi) is 3.73. The van der Waals surface area contributed by atoms with Gasteiger partial charge in [-0.1, -0.05) is 35.6 Å². The molecule has 0 spiro atoms. The van der Waals surface area contributed by atoms with Gasteiger partial charge in [-0.2, -0.15) is 0 Å². The van der Waals surface area contributed by atoms with Crippen molar-refractivity contribution in [3.8, 4) is 0 Å². The van der Waals surface area contributed by atoms with Gasteiger partial charge in [0.05, 0.1) is 16.1 Å². The molecular weight excluding hydrogens is 318 g/mol. The molecule has 1 aliphatic rings. The minimum Gasteiger partial charge on any atom is -0.346 e. The molecule has 0 atom stereocenters. The van der Waals surface area contributed by atoms with Gasteiger partial charge in [-0.25, -0.2) is 4.98 Å². The van der Waals surface area contributed by atoms with Crippen LogP contribution in [0.25, 0.3) is 10.2 Å². The van der Waals surface area contributed by atoms with E-state index < -0.39 is 0 Å². The summed E-state index contributed by atoms with van der Waals surface area (Å²) in [5.74, 6) is 0.123. The van der Waals surface area contributed by atoms with Gasteiger partial charge in [0.15, 0.2) is 5.13 Å². The smallest absolute Gasteiger partial charge is 0.231 e. The Morgan fingerprint density at radius 1 is 1.21 bits per heavy atom. The molecule has 1 amide bonds. The van der Waals surface area contributed by atoms with E-state index in [1.807, 2.05) is 44.2 Å². The Hall–Kier alpha value is -2.40. The van der Waals surface area contributed by atoms with E-state index in [9.17, 15) is 4.79 Å². The van der Waals surface area contributed by atoms with E-state index in [0.29, 0.717) is 0 Å². The van der Waals surface area contributed by atoms with Crippen molar-refractivity contribution in [2.24, 2.45) is 5.92 Å². The first-order chi connectivity index (χ1) is 11.6. The van der Waals surface area contributed by atoms with Crippen molar-refractivity contribution >= 4 is 38.3 Å². The van der Waals surface area contributed by atoms with E-state index in [0.717, 1.165) is 40.6 Å². The topological polar surface area (TPSA) is 45.2 Å². The molecule has 0 saturated carbocycles. The van der Waals surface area contributed by atoms with Crippen LogP contribution in [0.1, 0.15) is 11.1 Å². The highest BCUT2D eigenvalue weighted by Gasteiger charge is 2.34. The maximum atomic E-state index is 12.5. The minimum atomic E-state index is 0.0249. The fourth-order valence-corrected chi connectivity index (χ4v) is 3.88. The number of rotatable bonds is 3. The number of nitrogens with one attached hydrogen (secondary N) is 1. The molecular formula is C19H19N3OS. The lowest BCUT2D eigenvalue weighted by Gasteiger charge is -2.38. The number of hydrogen-bond donors (Lipinski definition) is 1. The molecule has 0 radical (unpaired) electrons. The van der Waals surface area contributed by atoms with Crippen molar-refractivity contribution in [3.05, 3.63) is 53.6 Å². The first-order valence-electron chi connectivity index (χ1n) is 8.09. The van der Waals surface area contributed by atoms with Crippen LogP contribution < -0.4 is 10.2 Å². The van der Waals surface area contributed by atoms with Crippen LogP contribution in [0, 0.1) is 19.8 Å². The minimum absolute atomic E-state index is 0.0249. The largest absolute Gasteiger partial charge is 0.346 e. The summed E-state index contributed by atoms with van der Waals surface area (Å²) in [5.41, 5.74) is 4.19. The van der Waals surface area contributed by atoms with Gasteiger partial charge >= 0.3 is 0 Å². The molecule has 2 aromatic carbocycles. The van der Waals surface area contributed by atoms with Crippen LogP contribution in [-0.4, -0.2) is 24.0 Å². The molecule has 2 heterocycles. The monoisotopic (exact) mass is 337 g/mol. The van der Waals surface area contributed by atoms with Gasteiger partial charge in [0.2, 0.25) is 5.91 Å². The summed E-state index contributed by atoms with van der Waals surface area (Å²) in [6.45, 7) is 5.52. The number of para-hydroxylation sites is 1. The summed E-state index contributed by atoms with van der Waals surface area (Å²) < 4.78 is 1.19. The summed E-state index contributed by atoms with van der Waals surface area (Å²) >= 11 is 1.69. The fourth-order valence-electron chi connectivity index (χ4n) is 2.90. The highest BCUT2D eigenvalue weighted by Crippen LogP contribution is 2.33. The molecule has 0 bridgehead atoms. The number of amides is 1. The summed E-state index contributed by atoms with van der Waals surface area (Å²) in [6, 6.07) is 14.3. The number of aryl methyl sites for hydroxylation is 2. The summed E-state index contributed by atoms with van der Waals surface area (Å²) in [6.07, 6.45) is 0. The third-order valence-corrected chi connectivity index (χ3v) is 5.55. The number of carbonyl (C=O) groups is 1. The lowest BCUT2D eigenvalue weighted by molar-refractivity contribution is -0.120. The van der Waals surface area contributed by atoms with Gasteiger partial charge in [-0.15, -0.1) is 0 Å². The van der Waals surface area contributed by atoms with E-state index in [1.54, 1.807) is 11.3 Å². The maximum absolute atomic E-state index is 12.5.